The fourth-order valence-electron chi connectivity index (χ4n) is 2.40. The molecule has 0 bridgehead atoms. The van der Waals surface area contributed by atoms with Crippen LogP contribution in [0.15, 0.2) is 18.2 Å². The minimum atomic E-state index is -0.831. The predicted molar refractivity (Wildman–Crippen MR) is 67.2 cm³/mol. The number of piperidine rings is 1. The highest BCUT2D eigenvalue weighted by molar-refractivity contribution is 5.57. The zero-order valence-corrected chi connectivity index (χ0v) is 10.4. The summed E-state index contributed by atoms with van der Waals surface area (Å²) in [6, 6.07) is 3.75. The molecule has 1 aliphatic rings. The smallest absolute Gasteiger partial charge is 0.302 e. The number of nitrogens with zero attached hydrogens (tertiary/aromatic N) is 2. The van der Waals surface area contributed by atoms with Crippen molar-refractivity contribution >= 4 is 12.0 Å². The van der Waals surface area contributed by atoms with Gasteiger partial charge in [0.2, 0.25) is 5.82 Å². The highest BCUT2D eigenvalue weighted by Crippen LogP contribution is 2.22. The fraction of sp³-hybridized carbons (Fsp3) is 0.462. The maximum absolute atomic E-state index is 13.5. The molecule has 0 aliphatic carbocycles. The van der Waals surface area contributed by atoms with Crippen LogP contribution < -0.4 is 0 Å². The molecule has 1 aromatic carbocycles. The Balaban J connectivity index is 2.12. The van der Waals surface area contributed by atoms with Crippen molar-refractivity contribution in [1.82, 2.24) is 4.90 Å². The first-order valence-corrected chi connectivity index (χ1v) is 6.24. The molecule has 1 aliphatic heterocycles. The Morgan fingerprint density at radius 3 is 2.89 bits per heavy atom. The van der Waals surface area contributed by atoms with E-state index in [1.54, 1.807) is 0 Å². The number of carbonyl (C=O) groups is 1. The molecule has 1 fully saturated rings. The molecule has 1 unspecified atom stereocenters. The van der Waals surface area contributed by atoms with E-state index in [-0.39, 0.29) is 6.04 Å². The van der Waals surface area contributed by atoms with Crippen molar-refractivity contribution in [3.63, 3.8) is 0 Å². The number of aldehydes is 1. The van der Waals surface area contributed by atoms with E-state index >= 15 is 0 Å². The molecule has 2 rings (SSSR count). The van der Waals surface area contributed by atoms with E-state index in [0.717, 1.165) is 32.1 Å². The van der Waals surface area contributed by atoms with Crippen molar-refractivity contribution in [3.8, 4) is 0 Å². The summed E-state index contributed by atoms with van der Waals surface area (Å²) in [7, 11) is 0. The summed E-state index contributed by atoms with van der Waals surface area (Å²) in [4.78, 5) is 22.7. The Hall–Kier alpha value is -1.82. The molecular formula is C13H15FN2O3. The minimum absolute atomic E-state index is 0.132. The average molecular weight is 266 g/mol. The molecule has 0 spiro atoms. The van der Waals surface area contributed by atoms with Crippen molar-refractivity contribution in [2.45, 2.75) is 31.8 Å². The summed E-state index contributed by atoms with van der Waals surface area (Å²) in [5, 5.41) is 10.5. The lowest BCUT2D eigenvalue weighted by molar-refractivity contribution is -0.387. The van der Waals surface area contributed by atoms with E-state index in [1.165, 1.54) is 18.2 Å². The number of benzene rings is 1. The average Bonchev–Trinajstić information content (AvgIpc) is 2.39. The molecule has 0 aromatic heterocycles. The third kappa shape index (κ3) is 3.14. The molecule has 6 heteroatoms. The Bertz CT molecular complexity index is 493. The van der Waals surface area contributed by atoms with Crippen LogP contribution in [0, 0.1) is 15.9 Å². The standard InChI is InChI=1S/C13H15FN2O3/c14-12-7-10(4-5-13(12)16(18)19)8-15-6-2-1-3-11(15)9-17/h4-5,7,9,11H,1-3,6,8H2. The van der Waals surface area contributed by atoms with E-state index in [4.69, 9.17) is 0 Å². The largest absolute Gasteiger partial charge is 0.304 e. The third-order valence-corrected chi connectivity index (χ3v) is 3.42. The zero-order chi connectivity index (χ0) is 13.8. The lowest BCUT2D eigenvalue weighted by atomic mass is 10.0. The highest BCUT2D eigenvalue weighted by Gasteiger charge is 2.22. The molecule has 1 saturated heterocycles. The number of nitro groups is 1. The predicted octanol–water partition coefficient (Wildman–Crippen LogP) is 2.29. The normalized spacial score (nSPS) is 20.2. The number of nitro benzene ring substituents is 1. The first-order valence-electron chi connectivity index (χ1n) is 6.24. The zero-order valence-electron chi connectivity index (χ0n) is 10.4. The second-order valence-electron chi connectivity index (χ2n) is 4.71. The third-order valence-electron chi connectivity index (χ3n) is 3.42. The SMILES string of the molecule is O=CC1CCCCN1Cc1ccc([N+](=O)[O-])c(F)c1. The number of rotatable bonds is 4. The summed E-state index contributed by atoms with van der Waals surface area (Å²) >= 11 is 0. The van der Waals surface area contributed by atoms with Gasteiger partial charge in [0.15, 0.2) is 0 Å². The Morgan fingerprint density at radius 2 is 2.26 bits per heavy atom. The van der Waals surface area contributed by atoms with Gasteiger partial charge >= 0.3 is 5.69 Å². The summed E-state index contributed by atoms with van der Waals surface area (Å²) < 4.78 is 13.5. The summed E-state index contributed by atoms with van der Waals surface area (Å²) in [6.45, 7) is 1.24. The van der Waals surface area contributed by atoms with E-state index in [2.05, 4.69) is 0 Å². The molecular weight excluding hydrogens is 251 g/mol. The van der Waals surface area contributed by atoms with Gasteiger partial charge in [-0.2, -0.15) is 4.39 Å². The maximum atomic E-state index is 13.5. The first-order chi connectivity index (χ1) is 9.11. The monoisotopic (exact) mass is 266 g/mol. The Kier molecular flexibility index (Phi) is 4.21. The molecule has 5 nitrogen and oxygen atoms in total. The quantitative estimate of drug-likeness (QED) is 0.476. The molecule has 1 aromatic rings. The van der Waals surface area contributed by atoms with E-state index < -0.39 is 16.4 Å². The second-order valence-corrected chi connectivity index (χ2v) is 4.71. The van der Waals surface area contributed by atoms with Crippen LogP contribution >= 0.6 is 0 Å². The number of halogens is 1. The highest BCUT2D eigenvalue weighted by atomic mass is 19.1. The van der Waals surface area contributed by atoms with Crippen LogP contribution in [-0.2, 0) is 11.3 Å². The number of hydrogen-bond donors (Lipinski definition) is 0. The van der Waals surface area contributed by atoms with Gasteiger partial charge in [0.1, 0.15) is 6.29 Å². The second kappa shape index (κ2) is 5.88. The topological polar surface area (TPSA) is 63.5 Å². The molecule has 0 N–H and O–H groups in total. The van der Waals surface area contributed by atoms with Crippen LogP contribution in [0.25, 0.3) is 0 Å². The van der Waals surface area contributed by atoms with Crippen LogP contribution in [0.4, 0.5) is 10.1 Å². The van der Waals surface area contributed by atoms with Gasteiger partial charge in [-0.1, -0.05) is 12.5 Å². The lowest BCUT2D eigenvalue weighted by Gasteiger charge is -2.32. The van der Waals surface area contributed by atoms with Crippen LogP contribution in [0.1, 0.15) is 24.8 Å². The van der Waals surface area contributed by atoms with Crippen molar-refractivity contribution in [2.24, 2.45) is 0 Å². The molecule has 0 saturated carbocycles. The van der Waals surface area contributed by atoms with Crippen LogP contribution in [0.2, 0.25) is 0 Å². The summed E-state index contributed by atoms with van der Waals surface area (Å²) in [5.74, 6) is -0.831. The van der Waals surface area contributed by atoms with E-state index in [0.29, 0.717) is 12.1 Å². The minimum Gasteiger partial charge on any atom is -0.302 e. The maximum Gasteiger partial charge on any atom is 0.304 e. The summed E-state index contributed by atoms with van der Waals surface area (Å²) in [5.41, 5.74) is 0.131. The van der Waals surface area contributed by atoms with Crippen molar-refractivity contribution < 1.29 is 14.1 Å². The van der Waals surface area contributed by atoms with Crippen molar-refractivity contribution in [3.05, 3.63) is 39.7 Å². The van der Waals surface area contributed by atoms with Gasteiger partial charge in [-0.25, -0.2) is 0 Å². The van der Waals surface area contributed by atoms with Gasteiger partial charge in [-0.15, -0.1) is 0 Å². The van der Waals surface area contributed by atoms with Crippen LogP contribution in [-0.4, -0.2) is 28.7 Å². The molecule has 19 heavy (non-hydrogen) atoms. The van der Waals surface area contributed by atoms with Gasteiger partial charge in [-0.3, -0.25) is 15.0 Å². The van der Waals surface area contributed by atoms with E-state index in [1.807, 2.05) is 4.90 Å². The van der Waals surface area contributed by atoms with Crippen molar-refractivity contribution in [1.29, 1.82) is 0 Å². The fourth-order valence-corrected chi connectivity index (χ4v) is 2.40. The van der Waals surface area contributed by atoms with Gasteiger partial charge in [0.25, 0.3) is 0 Å². The van der Waals surface area contributed by atoms with Gasteiger partial charge in [0, 0.05) is 12.6 Å². The molecule has 1 atom stereocenters. The Morgan fingerprint density at radius 1 is 1.47 bits per heavy atom. The van der Waals surface area contributed by atoms with Crippen LogP contribution in [0.5, 0.6) is 0 Å². The molecule has 102 valence electrons. The molecule has 0 amide bonds. The number of likely N-dealkylation sites (tertiary alicyclic amines) is 1. The molecule has 1 heterocycles. The number of hydrogen-bond acceptors (Lipinski definition) is 4. The van der Waals surface area contributed by atoms with Gasteiger partial charge < -0.3 is 4.79 Å². The van der Waals surface area contributed by atoms with Gasteiger partial charge in [0.05, 0.1) is 11.0 Å². The molecule has 0 radical (unpaired) electrons. The van der Waals surface area contributed by atoms with Crippen LogP contribution in [0.3, 0.4) is 0 Å². The Labute approximate surface area is 110 Å². The van der Waals surface area contributed by atoms with Gasteiger partial charge in [-0.05, 0) is 31.0 Å². The summed E-state index contributed by atoms with van der Waals surface area (Å²) in [6.07, 6.45) is 3.77. The van der Waals surface area contributed by atoms with Crippen molar-refractivity contribution in [2.75, 3.05) is 6.54 Å². The van der Waals surface area contributed by atoms with E-state index in [9.17, 15) is 19.3 Å². The number of carbonyl (C=O) groups excluding carboxylic acids is 1. The first kappa shape index (κ1) is 13.6. The lowest BCUT2D eigenvalue weighted by Crippen LogP contribution is -2.39.